The number of primary amides is 2. The average Bonchev–Trinajstić information content (AvgIpc) is 1.89. The summed E-state index contributed by atoms with van der Waals surface area (Å²) in [5.74, 6) is -3.71. The van der Waals surface area contributed by atoms with E-state index >= 15 is 4.39 Å². The number of imidazole rings is 1. The van der Waals surface area contributed by atoms with E-state index in [0.717, 1.165) is 21.6 Å². The molecule has 0 bridgehead atoms. The molecule has 87 heavy (non-hydrogen) atoms. The summed E-state index contributed by atoms with van der Waals surface area (Å²) in [6, 6.07) is 22.5. The number of fused-ring (bicyclic) bond motifs is 3. The number of likely N-dealkylation sites (tertiary alicyclic amines) is 2. The second-order valence-electron chi connectivity index (χ2n) is 20.8. The highest BCUT2D eigenvalue weighted by Gasteiger charge is 2.42. The fourth-order valence-corrected chi connectivity index (χ4v) is 11.0. The van der Waals surface area contributed by atoms with Gasteiger partial charge < -0.3 is 51.8 Å². The molecule has 6 aromatic heterocycles. The number of H-pyrrole nitrogens is 1. The molecule has 3 aliphatic rings. The van der Waals surface area contributed by atoms with E-state index in [1.165, 1.54) is 20.5 Å². The summed E-state index contributed by atoms with van der Waals surface area (Å²) in [7, 11) is 0. The number of para-hydroxylation sites is 1. The van der Waals surface area contributed by atoms with Gasteiger partial charge in [-0.15, -0.1) is 0 Å². The summed E-state index contributed by atoms with van der Waals surface area (Å²) in [6.07, 6.45) is 4.84. The molecule has 2 fully saturated rings. The van der Waals surface area contributed by atoms with Gasteiger partial charge in [0.2, 0.25) is 35.1 Å². The Balaban J connectivity index is 0.653. The number of hydrogen-bond acceptors (Lipinski definition) is 18. The zero-order chi connectivity index (χ0) is 60.2. The van der Waals surface area contributed by atoms with E-state index < -0.39 is 73.0 Å². The number of allylic oxidation sites excluding steroid dienone is 2. The second kappa shape index (κ2) is 22.2. The van der Waals surface area contributed by atoms with Crippen LogP contribution in [0.25, 0.3) is 77.9 Å². The molecular formula is C57H47F2N20O8-. The Labute approximate surface area is 488 Å². The molecule has 438 valence electrons. The van der Waals surface area contributed by atoms with E-state index in [2.05, 4.69) is 61.9 Å². The van der Waals surface area contributed by atoms with Crippen LogP contribution in [0.4, 0.5) is 20.3 Å². The molecule has 10 aromatic rings. The minimum atomic E-state index is -1.52. The number of aryl methyl sites for hydroxylation is 1. The zero-order valence-electron chi connectivity index (χ0n) is 45.6. The van der Waals surface area contributed by atoms with Crippen LogP contribution in [-0.4, -0.2) is 148 Å². The SMILES string of the molecule is Cc1noc(-c2nonc2NC(=O)C2CC(F)CN2C(=O)Cn2nc(C(N)=O)c3cc(C4=C[N-]N(Cc5cccc(-c6nc7c(NC(=O)C8CC(F)CN8C(=O)Cn8nc(C(N)=O)c9cc(-c%10ccnnc%10)ccc98)cccc7[nH]6)c5)C=C4)ccc32)n1. The van der Waals surface area contributed by atoms with E-state index in [1.807, 2.05) is 30.3 Å². The Bertz CT molecular complexity index is 4490. The van der Waals surface area contributed by atoms with Gasteiger partial charge in [0.25, 0.3) is 17.7 Å². The molecule has 0 radical (unpaired) electrons. The molecule has 30 heteroatoms. The Kier molecular flexibility index (Phi) is 13.9. The molecule has 4 atom stereocenters. The fraction of sp³-hybridized carbons (Fsp3) is 0.211. The van der Waals surface area contributed by atoms with Gasteiger partial charge in [0.1, 0.15) is 48.9 Å². The number of rotatable bonds is 16. The number of halogens is 2. The van der Waals surface area contributed by atoms with Crippen molar-refractivity contribution in [2.75, 3.05) is 23.7 Å². The fourth-order valence-electron chi connectivity index (χ4n) is 11.0. The number of nitrogens with one attached hydrogen (secondary N) is 3. The van der Waals surface area contributed by atoms with Gasteiger partial charge in [0.05, 0.1) is 47.7 Å². The van der Waals surface area contributed by atoms with Crippen LogP contribution >= 0.6 is 0 Å². The van der Waals surface area contributed by atoms with Gasteiger partial charge in [-0.05, 0) is 100 Å². The first-order valence-electron chi connectivity index (χ1n) is 27.0. The van der Waals surface area contributed by atoms with Crippen LogP contribution in [0.3, 0.4) is 0 Å². The first-order valence-corrected chi connectivity index (χ1v) is 27.0. The number of nitrogens with zero attached hydrogens (tertiary/aromatic N) is 15. The van der Waals surface area contributed by atoms with E-state index in [1.54, 1.807) is 91.2 Å². The number of carbonyl (C=O) groups is 6. The number of carbonyl (C=O) groups excluding carboxylic acids is 6. The van der Waals surface area contributed by atoms with Gasteiger partial charge in [-0.3, -0.25) is 38.1 Å². The monoisotopic (exact) mass is 1180 g/mol. The number of amides is 6. The first-order chi connectivity index (χ1) is 42.1. The smallest absolute Gasteiger partial charge is 0.284 e. The molecule has 0 spiro atoms. The van der Waals surface area contributed by atoms with Crippen molar-refractivity contribution in [2.24, 2.45) is 11.5 Å². The molecule has 13 rings (SSSR count). The Morgan fingerprint density at radius 3 is 2.02 bits per heavy atom. The Morgan fingerprint density at radius 1 is 0.724 bits per heavy atom. The molecule has 0 saturated carbocycles. The molecule has 6 amide bonds. The largest absolute Gasteiger partial charge is 0.601 e. The molecule has 2 saturated heterocycles. The van der Waals surface area contributed by atoms with E-state index in [-0.39, 0.29) is 54.7 Å². The summed E-state index contributed by atoms with van der Waals surface area (Å²) >= 11 is 0. The third-order valence-corrected chi connectivity index (χ3v) is 15.1. The lowest BCUT2D eigenvalue weighted by atomic mass is 10.0. The normalized spacial score (nSPS) is 17.5. The van der Waals surface area contributed by atoms with Crippen molar-refractivity contribution in [3.8, 4) is 34.1 Å². The van der Waals surface area contributed by atoms with Crippen LogP contribution in [0, 0.1) is 6.92 Å². The van der Waals surface area contributed by atoms with Crippen molar-refractivity contribution in [3.63, 3.8) is 0 Å². The van der Waals surface area contributed by atoms with Gasteiger partial charge in [0, 0.05) is 41.3 Å². The molecule has 0 aliphatic carbocycles. The molecule has 4 unspecified atom stereocenters. The van der Waals surface area contributed by atoms with Gasteiger partial charge in [-0.1, -0.05) is 41.6 Å². The van der Waals surface area contributed by atoms with Crippen LogP contribution in [0.5, 0.6) is 0 Å². The molecule has 28 nitrogen and oxygen atoms in total. The standard InChI is InChI=1S/C57H47F2N20O8/c1-28-65-57(86-72-28)50-54(74-87-73-50)69-56(85)44-20-36(59)25-77(44)46(81)27-79-42-11-9-31(18-38(42)48(71-79)52(61)83)34-13-15-75(64-22-34)23-29-4-2-5-32(16-29)53-66-39-6-3-7-40(49(39)68-53)67-55(84)43-19-35(58)24-76(43)45(80)26-78-41-10-8-30(33-12-14-62-63-21-33)17-37(41)47(70-78)51(60)82/h2-18,21-22,35-36,43-44H,19-20,23-27H2,1H3,(H7,60,61,62,63,65,66,67,68,69,70,71,72,73,74,82,83,84,85)/q-1. The Hall–Kier alpha value is -11.6. The van der Waals surface area contributed by atoms with Crippen LogP contribution in [-0.2, 0) is 38.8 Å². The maximum absolute atomic E-state index is 15.2. The highest BCUT2D eigenvalue weighted by molar-refractivity contribution is 6.07. The van der Waals surface area contributed by atoms with E-state index in [9.17, 15) is 33.2 Å². The number of nitrogens with two attached hydrogens (primary N) is 2. The summed E-state index contributed by atoms with van der Waals surface area (Å²) < 4.78 is 42.6. The van der Waals surface area contributed by atoms with Crippen molar-refractivity contribution in [1.82, 2.24) is 75.0 Å². The van der Waals surface area contributed by atoms with Crippen molar-refractivity contribution in [2.45, 2.75) is 63.8 Å². The predicted molar refractivity (Wildman–Crippen MR) is 305 cm³/mol. The minimum absolute atomic E-state index is 0.0527. The van der Waals surface area contributed by atoms with Crippen molar-refractivity contribution < 1.29 is 46.7 Å². The zero-order valence-corrected chi connectivity index (χ0v) is 45.6. The lowest BCUT2D eigenvalue weighted by Gasteiger charge is -2.38. The molecular weight excluding hydrogens is 1130 g/mol. The molecule has 4 aromatic carbocycles. The number of hydrogen-bond donors (Lipinski definition) is 5. The summed E-state index contributed by atoms with van der Waals surface area (Å²) in [5, 5.41) is 35.4. The lowest BCUT2D eigenvalue weighted by Crippen LogP contribution is -2.44. The van der Waals surface area contributed by atoms with Crippen molar-refractivity contribution >= 4 is 85.4 Å². The lowest BCUT2D eigenvalue weighted by molar-refractivity contribution is -0.137. The number of benzene rings is 4. The van der Waals surface area contributed by atoms with Gasteiger partial charge >= 0.3 is 0 Å². The topological polar surface area (TPSA) is 370 Å². The van der Waals surface area contributed by atoms with Gasteiger partial charge in [0.15, 0.2) is 17.2 Å². The second-order valence-corrected chi connectivity index (χ2v) is 20.8. The Morgan fingerprint density at radius 2 is 1.39 bits per heavy atom. The van der Waals surface area contributed by atoms with Crippen LogP contribution < -0.4 is 22.1 Å². The van der Waals surface area contributed by atoms with Gasteiger partial charge in [-0.25, -0.2) is 18.4 Å². The maximum atomic E-state index is 15.2. The summed E-state index contributed by atoms with van der Waals surface area (Å²) in [4.78, 5) is 95.1. The molecule has 3 aliphatic heterocycles. The van der Waals surface area contributed by atoms with Crippen LogP contribution in [0.2, 0.25) is 0 Å². The summed E-state index contributed by atoms with van der Waals surface area (Å²) in [5.41, 5.74) is 22.5. The molecule has 9 heterocycles. The third-order valence-electron chi connectivity index (χ3n) is 15.1. The average molecular weight is 1180 g/mol. The number of aromatic nitrogens is 12. The minimum Gasteiger partial charge on any atom is -0.601 e. The van der Waals surface area contributed by atoms with Crippen LogP contribution in [0.15, 0.2) is 125 Å². The summed E-state index contributed by atoms with van der Waals surface area (Å²) in [6.45, 7) is 0.377. The first kappa shape index (κ1) is 54.6. The molecule has 7 N–H and O–H groups in total. The van der Waals surface area contributed by atoms with E-state index in [0.29, 0.717) is 73.4 Å². The number of anilines is 2. The van der Waals surface area contributed by atoms with Gasteiger partial charge in [-0.2, -0.15) is 31.6 Å². The predicted octanol–water partition coefficient (Wildman–Crippen LogP) is 5.14. The van der Waals surface area contributed by atoms with E-state index in [4.69, 9.17) is 25.6 Å². The van der Waals surface area contributed by atoms with Crippen LogP contribution in [0.1, 0.15) is 50.8 Å². The number of alkyl halides is 2. The highest BCUT2D eigenvalue weighted by Crippen LogP contribution is 2.34. The highest BCUT2D eigenvalue weighted by atomic mass is 19.1. The number of aromatic amines is 1. The quantitative estimate of drug-likeness (QED) is 0.0836. The van der Waals surface area contributed by atoms with Crippen molar-refractivity contribution in [1.29, 1.82) is 0 Å². The van der Waals surface area contributed by atoms with Crippen molar-refractivity contribution in [3.05, 3.63) is 150 Å². The third kappa shape index (κ3) is 10.6. The maximum Gasteiger partial charge on any atom is 0.284 e.